The number of rotatable bonds is 5. The molecule has 0 radical (unpaired) electrons. The minimum atomic E-state index is -1.48. The predicted molar refractivity (Wildman–Crippen MR) is 166 cm³/mol. The molecule has 2 amide bonds. The van der Waals surface area contributed by atoms with E-state index in [1.165, 1.54) is 23.5 Å². The van der Waals surface area contributed by atoms with Gasteiger partial charge in [-0.05, 0) is 54.3 Å². The summed E-state index contributed by atoms with van der Waals surface area (Å²) in [6, 6.07) is 18.9. The summed E-state index contributed by atoms with van der Waals surface area (Å²) in [4.78, 5) is 56.1. The van der Waals surface area contributed by atoms with Gasteiger partial charge in [0, 0.05) is 13.0 Å². The molecule has 4 atom stereocenters. The van der Waals surface area contributed by atoms with E-state index in [4.69, 9.17) is 16.3 Å². The Hall–Kier alpha value is -5.03. The van der Waals surface area contributed by atoms with Crippen molar-refractivity contribution >= 4 is 29.1 Å². The van der Waals surface area contributed by atoms with Crippen molar-refractivity contribution in [1.82, 2.24) is 18.9 Å². The lowest BCUT2D eigenvalue weighted by atomic mass is 9.53. The summed E-state index contributed by atoms with van der Waals surface area (Å²) in [7, 11) is 2.81. The van der Waals surface area contributed by atoms with Crippen LogP contribution >= 0.6 is 11.6 Å². The monoisotopic (exact) mass is 627 g/mol. The number of halogens is 1. The zero-order valence-electron chi connectivity index (χ0n) is 24.7. The van der Waals surface area contributed by atoms with Gasteiger partial charge < -0.3 is 9.84 Å². The summed E-state index contributed by atoms with van der Waals surface area (Å²) in [5.74, 6) is -2.90. The number of phenolic OH excluding ortho intramolecular Hbond substituents is 1. The molecular weight excluding hydrogens is 598 g/mol. The zero-order valence-corrected chi connectivity index (χ0v) is 25.5. The molecule has 3 aromatic carbocycles. The Morgan fingerprint density at radius 1 is 1.00 bits per heavy atom. The number of fused-ring (bicyclic) bond motifs is 4. The highest BCUT2D eigenvalue weighted by molar-refractivity contribution is 6.32. The van der Waals surface area contributed by atoms with Crippen LogP contribution in [0.25, 0.3) is 0 Å². The molecule has 11 nitrogen and oxygen atoms in total. The van der Waals surface area contributed by atoms with E-state index in [2.05, 4.69) is 5.43 Å². The first kappa shape index (κ1) is 28.7. The molecular formula is C33H30ClN5O6. The number of nitrogens with one attached hydrogen (secondary N) is 1. The number of nitrogens with zero attached hydrogens (tertiary/aromatic N) is 4. The first-order valence-electron chi connectivity index (χ1n) is 14.5. The number of methoxy groups -OCH3 is 1. The minimum absolute atomic E-state index is 0.00263. The van der Waals surface area contributed by atoms with Gasteiger partial charge in [0.25, 0.3) is 11.8 Å². The van der Waals surface area contributed by atoms with E-state index in [9.17, 15) is 19.5 Å². The largest absolute Gasteiger partial charge is 0.503 e. The third kappa shape index (κ3) is 3.96. The number of anilines is 1. The second-order valence-corrected chi connectivity index (χ2v) is 12.1. The Kier molecular flexibility index (Phi) is 6.55. The number of phenols is 1. The second kappa shape index (κ2) is 10.3. The van der Waals surface area contributed by atoms with E-state index in [1.807, 2.05) is 55.5 Å². The predicted octanol–water partition coefficient (Wildman–Crippen LogP) is 3.64. The summed E-state index contributed by atoms with van der Waals surface area (Å²) in [5, 5.41) is 11.7. The van der Waals surface area contributed by atoms with Crippen molar-refractivity contribution < 1.29 is 19.4 Å². The highest BCUT2D eigenvalue weighted by Crippen LogP contribution is 2.62. The highest BCUT2D eigenvalue weighted by atomic mass is 35.5. The van der Waals surface area contributed by atoms with E-state index in [0.717, 1.165) is 15.1 Å². The molecule has 2 N–H and O–H groups in total. The number of carbonyl (C=O) groups excluding carboxylic acids is 2. The summed E-state index contributed by atoms with van der Waals surface area (Å²) in [6.07, 6.45) is 1.94. The van der Waals surface area contributed by atoms with Crippen LogP contribution in [0.15, 0.2) is 88.0 Å². The molecule has 4 unspecified atom stereocenters. The summed E-state index contributed by atoms with van der Waals surface area (Å²) >= 11 is 6.54. The van der Waals surface area contributed by atoms with Crippen molar-refractivity contribution in [1.29, 1.82) is 0 Å². The highest BCUT2D eigenvalue weighted by Gasteiger charge is 2.68. The number of hydrazine groups is 1. The minimum Gasteiger partial charge on any atom is -0.503 e. The molecule has 1 saturated heterocycles. The van der Waals surface area contributed by atoms with Crippen LogP contribution in [0, 0.1) is 12.8 Å². The normalized spacial score (nSPS) is 23.7. The topological polar surface area (TPSA) is 128 Å². The fourth-order valence-electron chi connectivity index (χ4n) is 7.41. The molecule has 1 aliphatic carbocycles. The molecule has 7 rings (SSSR count). The number of ether oxygens (including phenoxy) is 1. The Bertz CT molecular complexity index is 2030. The number of allylic oxidation sites excluding steroid dienone is 2. The second-order valence-electron chi connectivity index (χ2n) is 11.7. The lowest BCUT2D eigenvalue weighted by Gasteiger charge is -2.49. The maximum absolute atomic E-state index is 15.1. The number of hydrogen-bond acceptors (Lipinski definition) is 7. The molecule has 0 spiro atoms. The molecule has 12 heteroatoms. The fraction of sp³-hybridized carbons (Fsp3) is 0.273. The summed E-state index contributed by atoms with van der Waals surface area (Å²) in [6.45, 7) is 2.03. The number of imide groups is 1. The van der Waals surface area contributed by atoms with Crippen molar-refractivity contribution in [2.45, 2.75) is 37.3 Å². The number of benzene rings is 3. The van der Waals surface area contributed by atoms with E-state index >= 15 is 4.79 Å². The van der Waals surface area contributed by atoms with Crippen LogP contribution in [0.3, 0.4) is 0 Å². The SMILES string of the molecule is COc1cc(C2C3=CCn4c(=O)n(C)c(=O)n4C3CC3C(=O)N(Nc4ccc(C)cc4)C(=O)C32c2ccccc2)cc(Cl)c1O. The standard InChI is InChI=1S/C33H30ClN5O6/c1-18-9-11-21(12-10-18)35-38-29(41)23-17-25-22(13-14-37-31(43)36(2)32(44)39(25)37)27(19-15-24(34)28(40)26(16-19)45-3)33(23,30(38)42)20-7-5-4-6-8-20/h4-13,15-16,23,25,27,35,40H,14,17H2,1-3H3. The average Bonchev–Trinajstić information content (AvgIpc) is 3.40. The van der Waals surface area contributed by atoms with Gasteiger partial charge in [-0.3, -0.25) is 15.0 Å². The molecule has 230 valence electrons. The quantitative estimate of drug-likeness (QED) is 0.255. The van der Waals surface area contributed by atoms with E-state index in [0.29, 0.717) is 22.4 Å². The number of hydrogen-bond donors (Lipinski definition) is 2. The average molecular weight is 628 g/mol. The van der Waals surface area contributed by atoms with Crippen molar-refractivity contribution in [2.24, 2.45) is 13.0 Å². The first-order chi connectivity index (χ1) is 21.6. The number of aryl methyl sites for hydroxylation is 1. The molecule has 4 aromatic rings. The Balaban J connectivity index is 1.52. The van der Waals surface area contributed by atoms with Crippen LogP contribution < -0.4 is 21.5 Å². The zero-order chi connectivity index (χ0) is 31.8. The van der Waals surface area contributed by atoms with Gasteiger partial charge in [0.05, 0.1) is 41.7 Å². The molecule has 1 aromatic heterocycles. The third-order valence-corrected chi connectivity index (χ3v) is 9.74. The molecule has 0 bridgehead atoms. The van der Waals surface area contributed by atoms with Crippen LogP contribution in [-0.4, -0.2) is 43.0 Å². The third-order valence-electron chi connectivity index (χ3n) is 9.45. The fourth-order valence-corrected chi connectivity index (χ4v) is 7.63. The number of amides is 2. The first-order valence-corrected chi connectivity index (χ1v) is 14.9. The molecule has 2 aliphatic heterocycles. The summed E-state index contributed by atoms with van der Waals surface area (Å²) < 4.78 is 9.26. The molecule has 45 heavy (non-hydrogen) atoms. The van der Waals surface area contributed by atoms with E-state index < -0.39 is 46.5 Å². The number of aromatic nitrogens is 3. The molecule has 2 fully saturated rings. The Morgan fingerprint density at radius 2 is 1.71 bits per heavy atom. The maximum atomic E-state index is 15.1. The molecule has 1 saturated carbocycles. The van der Waals surface area contributed by atoms with Gasteiger partial charge >= 0.3 is 11.4 Å². The Morgan fingerprint density at radius 3 is 2.40 bits per heavy atom. The van der Waals surface area contributed by atoms with Gasteiger partial charge in [0.1, 0.15) is 0 Å². The van der Waals surface area contributed by atoms with Crippen LogP contribution in [-0.2, 0) is 28.6 Å². The van der Waals surface area contributed by atoms with Gasteiger partial charge in [0.15, 0.2) is 11.5 Å². The van der Waals surface area contributed by atoms with Crippen LogP contribution in [0.2, 0.25) is 5.02 Å². The van der Waals surface area contributed by atoms with Crippen molar-refractivity contribution in [3.63, 3.8) is 0 Å². The Labute approximate surface area is 262 Å². The van der Waals surface area contributed by atoms with Gasteiger partial charge in [-0.2, -0.15) is 5.01 Å². The van der Waals surface area contributed by atoms with Crippen LogP contribution in [0.1, 0.15) is 35.1 Å². The maximum Gasteiger partial charge on any atom is 0.347 e. The van der Waals surface area contributed by atoms with Gasteiger partial charge in [-0.15, -0.1) is 0 Å². The summed E-state index contributed by atoms with van der Waals surface area (Å²) in [5.41, 5.74) is 3.96. The van der Waals surface area contributed by atoms with Gasteiger partial charge in [0.2, 0.25) is 0 Å². The van der Waals surface area contributed by atoms with Crippen molar-refractivity contribution in [3.8, 4) is 11.5 Å². The van der Waals surface area contributed by atoms with Crippen molar-refractivity contribution in [3.05, 3.63) is 121 Å². The lowest BCUT2D eigenvalue weighted by Crippen LogP contribution is -2.53. The lowest BCUT2D eigenvalue weighted by molar-refractivity contribution is -0.138. The van der Waals surface area contributed by atoms with Crippen molar-refractivity contribution in [2.75, 3.05) is 12.5 Å². The molecule has 3 aliphatic rings. The van der Waals surface area contributed by atoms with Crippen LogP contribution in [0.5, 0.6) is 11.5 Å². The van der Waals surface area contributed by atoms with Gasteiger partial charge in [-0.1, -0.05) is 65.7 Å². The van der Waals surface area contributed by atoms with E-state index in [-0.39, 0.29) is 29.5 Å². The van der Waals surface area contributed by atoms with Crippen LogP contribution in [0.4, 0.5) is 5.69 Å². The number of aromatic hydroxyl groups is 1. The van der Waals surface area contributed by atoms with Gasteiger partial charge in [-0.25, -0.2) is 23.5 Å². The van der Waals surface area contributed by atoms with E-state index in [1.54, 1.807) is 24.3 Å². The number of carbonyl (C=O) groups is 2. The molecule has 3 heterocycles. The smallest absolute Gasteiger partial charge is 0.347 e.